The molecule has 2 unspecified atom stereocenters. The molecule has 0 saturated carbocycles. The van der Waals surface area contributed by atoms with Crippen molar-refractivity contribution >= 4 is 34.9 Å². The second-order valence-electron chi connectivity index (χ2n) is 8.09. The molecule has 2 fully saturated rings. The van der Waals surface area contributed by atoms with Crippen LogP contribution in [0.4, 0.5) is 0 Å². The summed E-state index contributed by atoms with van der Waals surface area (Å²) in [4.78, 5) is 32.1. The molecule has 4 rings (SSSR count). The van der Waals surface area contributed by atoms with Gasteiger partial charge in [0, 0.05) is 42.4 Å². The van der Waals surface area contributed by atoms with Gasteiger partial charge in [0.2, 0.25) is 11.7 Å². The Morgan fingerprint density at radius 1 is 1.11 bits per heavy atom. The van der Waals surface area contributed by atoms with Crippen LogP contribution in [0, 0.1) is 0 Å². The van der Waals surface area contributed by atoms with Gasteiger partial charge in [-0.1, -0.05) is 6.07 Å². The lowest BCUT2D eigenvalue weighted by Gasteiger charge is -2.30. The van der Waals surface area contributed by atoms with E-state index in [0.717, 1.165) is 24.5 Å². The Morgan fingerprint density at radius 3 is 2.43 bits per heavy atom. The summed E-state index contributed by atoms with van der Waals surface area (Å²) in [5.74, 6) is 1.30. The first kappa shape index (κ1) is 25.6. The van der Waals surface area contributed by atoms with Crippen molar-refractivity contribution in [3.63, 3.8) is 0 Å². The van der Waals surface area contributed by atoms with E-state index in [-0.39, 0.29) is 17.2 Å². The van der Waals surface area contributed by atoms with Crippen molar-refractivity contribution in [2.24, 2.45) is 0 Å². The van der Waals surface area contributed by atoms with E-state index in [2.05, 4.69) is 10.2 Å². The zero-order valence-electron chi connectivity index (χ0n) is 20.2. The predicted octanol–water partition coefficient (Wildman–Crippen LogP) is 2.48. The number of thiophene rings is 1. The molecule has 190 valence electrons. The van der Waals surface area contributed by atoms with Crippen LogP contribution < -0.4 is 19.5 Å². The van der Waals surface area contributed by atoms with Gasteiger partial charge in [-0.05, 0) is 23.6 Å². The van der Waals surface area contributed by atoms with Crippen molar-refractivity contribution < 1.29 is 28.5 Å². The maximum absolute atomic E-state index is 13.9. The first-order chi connectivity index (χ1) is 17.1. The molecule has 1 aromatic carbocycles. The number of morpholine rings is 1. The van der Waals surface area contributed by atoms with E-state index in [1.165, 1.54) is 21.3 Å². The maximum Gasteiger partial charge on any atom is 0.256 e. The normalized spacial score (nSPS) is 20.5. The average Bonchev–Trinajstić information content (AvgIpc) is 3.58. The quantitative estimate of drug-likeness (QED) is 0.539. The Hall–Kier alpha value is -2.47. The van der Waals surface area contributed by atoms with Crippen LogP contribution in [-0.4, -0.2) is 94.1 Å². The van der Waals surface area contributed by atoms with Crippen LogP contribution >= 0.6 is 23.1 Å². The number of carbonyl (C=O) groups excluding carboxylic acids is 2. The van der Waals surface area contributed by atoms with Crippen molar-refractivity contribution in [1.29, 1.82) is 0 Å². The van der Waals surface area contributed by atoms with Gasteiger partial charge in [0.25, 0.3) is 5.91 Å². The maximum atomic E-state index is 13.9. The van der Waals surface area contributed by atoms with Crippen LogP contribution in [0.3, 0.4) is 0 Å². The number of amides is 2. The molecule has 2 atom stereocenters. The predicted molar refractivity (Wildman–Crippen MR) is 136 cm³/mol. The molecule has 1 N–H and O–H groups in total. The number of ether oxygens (including phenoxy) is 4. The summed E-state index contributed by atoms with van der Waals surface area (Å²) in [7, 11) is 4.54. The molecule has 3 heterocycles. The SMILES string of the molecule is COc1cc(C(=O)N2C(C(=O)NCCN3CCOCC3)CSC2c2cccs2)cc(OC)c1OC. The zero-order valence-corrected chi connectivity index (χ0v) is 21.8. The molecule has 0 aliphatic carbocycles. The van der Waals surface area contributed by atoms with Crippen molar-refractivity contribution in [3.05, 3.63) is 40.1 Å². The Labute approximate surface area is 213 Å². The summed E-state index contributed by atoms with van der Waals surface area (Å²) in [6.45, 7) is 4.43. The summed E-state index contributed by atoms with van der Waals surface area (Å²) in [5, 5.41) is 4.77. The number of nitrogens with one attached hydrogen (secondary N) is 1. The highest BCUT2D eigenvalue weighted by atomic mass is 32.2. The number of rotatable bonds is 9. The molecule has 0 radical (unpaired) electrons. The highest BCUT2D eigenvalue weighted by Gasteiger charge is 2.43. The van der Waals surface area contributed by atoms with Gasteiger partial charge in [0.1, 0.15) is 11.4 Å². The van der Waals surface area contributed by atoms with Crippen molar-refractivity contribution in [3.8, 4) is 17.2 Å². The number of benzene rings is 1. The molecule has 0 spiro atoms. The molecule has 35 heavy (non-hydrogen) atoms. The van der Waals surface area contributed by atoms with Gasteiger partial charge >= 0.3 is 0 Å². The fourth-order valence-corrected chi connectivity index (χ4v) is 6.64. The largest absolute Gasteiger partial charge is 0.493 e. The van der Waals surface area contributed by atoms with Crippen LogP contribution in [0.2, 0.25) is 0 Å². The molecular formula is C24H31N3O6S2. The first-order valence-electron chi connectivity index (χ1n) is 11.4. The lowest BCUT2D eigenvalue weighted by atomic mass is 10.1. The minimum atomic E-state index is -0.594. The monoisotopic (exact) mass is 521 g/mol. The topological polar surface area (TPSA) is 89.6 Å². The van der Waals surface area contributed by atoms with Crippen molar-refractivity contribution in [1.82, 2.24) is 15.1 Å². The van der Waals surface area contributed by atoms with Crippen LogP contribution in [0.15, 0.2) is 29.6 Å². The fraction of sp³-hybridized carbons (Fsp3) is 0.500. The summed E-state index contributed by atoms with van der Waals surface area (Å²) < 4.78 is 21.7. The van der Waals surface area contributed by atoms with Gasteiger partial charge < -0.3 is 29.2 Å². The van der Waals surface area contributed by atoms with E-state index in [9.17, 15) is 9.59 Å². The molecule has 2 aliphatic rings. The first-order valence-corrected chi connectivity index (χ1v) is 13.4. The molecule has 2 aliphatic heterocycles. The van der Waals surface area contributed by atoms with Crippen molar-refractivity contribution in [2.75, 3.05) is 66.5 Å². The van der Waals surface area contributed by atoms with Crippen LogP contribution in [0.25, 0.3) is 0 Å². The lowest BCUT2D eigenvalue weighted by molar-refractivity contribution is -0.124. The highest BCUT2D eigenvalue weighted by Crippen LogP contribution is 2.45. The minimum Gasteiger partial charge on any atom is -0.493 e. The minimum absolute atomic E-state index is 0.148. The Kier molecular flexibility index (Phi) is 8.77. The van der Waals surface area contributed by atoms with Gasteiger partial charge in [0.05, 0.1) is 34.5 Å². The number of thioether (sulfide) groups is 1. The summed E-state index contributed by atoms with van der Waals surface area (Å²) in [5.41, 5.74) is 0.370. The number of hydrogen-bond donors (Lipinski definition) is 1. The highest BCUT2D eigenvalue weighted by molar-refractivity contribution is 7.99. The van der Waals surface area contributed by atoms with Gasteiger partial charge in [0.15, 0.2) is 11.5 Å². The van der Waals surface area contributed by atoms with Gasteiger partial charge in [-0.25, -0.2) is 0 Å². The van der Waals surface area contributed by atoms with Crippen LogP contribution in [-0.2, 0) is 9.53 Å². The molecule has 2 aromatic rings. The Balaban J connectivity index is 1.56. The van der Waals surface area contributed by atoms with Crippen LogP contribution in [0.1, 0.15) is 20.6 Å². The Morgan fingerprint density at radius 2 is 1.83 bits per heavy atom. The number of hydrogen-bond acceptors (Lipinski definition) is 9. The van der Waals surface area contributed by atoms with E-state index in [4.69, 9.17) is 18.9 Å². The van der Waals surface area contributed by atoms with E-state index >= 15 is 0 Å². The number of carbonyl (C=O) groups is 2. The summed E-state index contributed by atoms with van der Waals surface area (Å²) >= 11 is 3.17. The van der Waals surface area contributed by atoms with E-state index in [1.54, 1.807) is 40.1 Å². The molecule has 11 heteroatoms. The lowest BCUT2D eigenvalue weighted by Crippen LogP contribution is -2.49. The Bertz CT molecular complexity index is 988. The molecule has 9 nitrogen and oxygen atoms in total. The van der Waals surface area contributed by atoms with E-state index in [0.29, 0.717) is 48.3 Å². The summed E-state index contributed by atoms with van der Waals surface area (Å²) in [6.07, 6.45) is 0. The third-order valence-corrected chi connectivity index (χ3v) is 8.45. The van der Waals surface area contributed by atoms with Crippen LogP contribution in [0.5, 0.6) is 17.2 Å². The second kappa shape index (κ2) is 12.0. The molecule has 2 amide bonds. The van der Waals surface area contributed by atoms with Crippen molar-refractivity contribution in [2.45, 2.75) is 11.4 Å². The van der Waals surface area contributed by atoms with Gasteiger partial charge in [-0.3, -0.25) is 14.5 Å². The molecule has 0 bridgehead atoms. The van der Waals surface area contributed by atoms with Gasteiger partial charge in [-0.15, -0.1) is 23.1 Å². The third-order valence-electron chi connectivity index (χ3n) is 6.07. The van der Waals surface area contributed by atoms with Gasteiger partial charge in [-0.2, -0.15) is 0 Å². The molecular weight excluding hydrogens is 490 g/mol. The standard InChI is InChI=1S/C24H31N3O6S2/c1-30-18-13-16(14-19(31-2)21(18)32-3)23(29)27-17(15-35-24(27)20-5-4-12-34-20)22(28)25-6-7-26-8-10-33-11-9-26/h4-5,12-14,17,24H,6-11,15H2,1-3H3,(H,25,28). The second-order valence-corrected chi connectivity index (χ2v) is 10.2. The number of methoxy groups -OCH3 is 3. The molecule has 2 saturated heterocycles. The third kappa shape index (κ3) is 5.69. The fourth-order valence-electron chi connectivity index (χ4n) is 4.24. The zero-order chi connectivity index (χ0) is 24.8. The van der Waals surface area contributed by atoms with E-state index < -0.39 is 6.04 Å². The number of nitrogens with zero attached hydrogens (tertiary/aromatic N) is 2. The van der Waals surface area contributed by atoms with E-state index in [1.807, 2.05) is 17.5 Å². The average molecular weight is 522 g/mol. The summed E-state index contributed by atoms with van der Waals surface area (Å²) in [6, 6.07) is 6.62. The smallest absolute Gasteiger partial charge is 0.256 e. The molecule has 1 aromatic heterocycles.